The van der Waals surface area contributed by atoms with Crippen molar-refractivity contribution in [2.24, 2.45) is 34.5 Å². The summed E-state index contributed by atoms with van der Waals surface area (Å²) in [6, 6.07) is 0. The molecule has 0 heterocycles. The van der Waals surface area contributed by atoms with E-state index >= 15 is 0 Å². The molecule has 0 saturated heterocycles. The monoisotopic (exact) mass is 412 g/mol. The van der Waals surface area contributed by atoms with Crippen molar-refractivity contribution in [3.05, 3.63) is 22.8 Å². The summed E-state index contributed by atoms with van der Waals surface area (Å²) in [5, 5.41) is 10.2. The highest BCUT2D eigenvalue weighted by atomic mass is 16.3. The summed E-state index contributed by atoms with van der Waals surface area (Å²) >= 11 is 0. The van der Waals surface area contributed by atoms with Crippen LogP contribution in [0.1, 0.15) is 105 Å². The van der Waals surface area contributed by atoms with E-state index in [0.29, 0.717) is 23.2 Å². The summed E-state index contributed by atoms with van der Waals surface area (Å²) in [5.41, 5.74) is 5.79. The number of carbonyl (C=O) groups excluding carboxylic acids is 1. The van der Waals surface area contributed by atoms with Crippen LogP contribution in [-0.4, -0.2) is 17.5 Å². The molecule has 1 N–H and O–H groups in total. The lowest BCUT2D eigenvalue weighted by atomic mass is 9.50. The molecule has 168 valence electrons. The third-order valence-corrected chi connectivity index (χ3v) is 10.2. The lowest BCUT2D eigenvalue weighted by molar-refractivity contribution is -0.107. The van der Waals surface area contributed by atoms with Crippen LogP contribution in [-0.2, 0) is 4.79 Å². The van der Waals surface area contributed by atoms with Crippen molar-refractivity contribution >= 4 is 6.29 Å². The second-order valence-electron chi connectivity index (χ2n) is 11.8. The fraction of sp³-hybridized carbons (Fsp3) is 0.821. The van der Waals surface area contributed by atoms with E-state index in [1.54, 1.807) is 0 Å². The van der Waals surface area contributed by atoms with E-state index in [2.05, 4.69) is 33.8 Å². The molecule has 0 aliphatic heterocycles. The molecule has 2 nitrogen and oxygen atoms in total. The second kappa shape index (κ2) is 8.57. The van der Waals surface area contributed by atoms with Crippen molar-refractivity contribution in [1.29, 1.82) is 0 Å². The smallest absolute Gasteiger partial charge is 0.124 e. The first kappa shape index (κ1) is 22.3. The third-order valence-electron chi connectivity index (χ3n) is 10.2. The summed E-state index contributed by atoms with van der Waals surface area (Å²) in [4.78, 5) is 10.7. The van der Waals surface area contributed by atoms with Gasteiger partial charge in [0.25, 0.3) is 0 Å². The first-order valence-corrected chi connectivity index (χ1v) is 12.8. The molecule has 4 aliphatic rings. The van der Waals surface area contributed by atoms with Crippen LogP contribution in [0.4, 0.5) is 0 Å². The summed E-state index contributed by atoms with van der Waals surface area (Å²) in [7, 11) is 0. The average molecular weight is 413 g/mol. The van der Waals surface area contributed by atoms with Crippen molar-refractivity contribution in [2.75, 3.05) is 0 Å². The van der Waals surface area contributed by atoms with Gasteiger partial charge in [0, 0.05) is 6.42 Å². The molecule has 2 saturated carbocycles. The molecule has 4 rings (SSSR count). The summed E-state index contributed by atoms with van der Waals surface area (Å²) in [5.74, 6) is 3.13. The quantitative estimate of drug-likeness (QED) is 0.376. The van der Waals surface area contributed by atoms with E-state index < -0.39 is 0 Å². The molecule has 2 fully saturated rings. The molecule has 0 aromatic rings. The number of allylic oxidation sites excluding steroid dienone is 4. The van der Waals surface area contributed by atoms with Crippen LogP contribution in [0.5, 0.6) is 0 Å². The van der Waals surface area contributed by atoms with Gasteiger partial charge in [0.2, 0.25) is 0 Å². The van der Waals surface area contributed by atoms with Crippen LogP contribution in [0.3, 0.4) is 0 Å². The predicted molar refractivity (Wildman–Crippen MR) is 124 cm³/mol. The fourth-order valence-corrected chi connectivity index (χ4v) is 8.42. The Morgan fingerprint density at radius 1 is 1.17 bits per heavy atom. The lowest BCUT2D eigenvalue weighted by Crippen LogP contribution is -2.45. The Morgan fingerprint density at radius 2 is 1.97 bits per heavy atom. The van der Waals surface area contributed by atoms with Gasteiger partial charge in [-0.1, -0.05) is 43.6 Å². The van der Waals surface area contributed by atoms with Gasteiger partial charge in [0.15, 0.2) is 0 Å². The molecule has 0 bridgehead atoms. The molecule has 0 spiro atoms. The van der Waals surface area contributed by atoms with Crippen molar-refractivity contribution in [3.8, 4) is 0 Å². The van der Waals surface area contributed by atoms with Crippen molar-refractivity contribution < 1.29 is 9.90 Å². The molecular weight excluding hydrogens is 368 g/mol. The Kier molecular flexibility index (Phi) is 6.37. The first-order valence-electron chi connectivity index (χ1n) is 12.8. The Labute approximate surface area is 184 Å². The zero-order valence-electron chi connectivity index (χ0n) is 19.9. The topological polar surface area (TPSA) is 37.3 Å². The number of aliphatic hydroxyl groups excluding tert-OH is 1. The van der Waals surface area contributed by atoms with Gasteiger partial charge in [-0.05, 0) is 112 Å². The maximum Gasteiger partial charge on any atom is 0.124 e. The van der Waals surface area contributed by atoms with Gasteiger partial charge in [-0.15, -0.1) is 0 Å². The van der Waals surface area contributed by atoms with E-state index in [9.17, 15) is 9.90 Å². The maximum absolute atomic E-state index is 10.7. The highest BCUT2D eigenvalue weighted by molar-refractivity contribution is 5.53. The van der Waals surface area contributed by atoms with Gasteiger partial charge >= 0.3 is 0 Å². The SMILES string of the molecule is CC(=CCC[C@@H](C)[C@H]1CC[C@H]2C3=C(CC[C@]12C)[C@@]1(C)CC[C@H](O)C[C@@H]1CC3)CC=O. The predicted octanol–water partition coefficient (Wildman–Crippen LogP) is 7.02. The molecule has 30 heavy (non-hydrogen) atoms. The number of carbonyl (C=O) groups is 1. The third kappa shape index (κ3) is 3.76. The summed E-state index contributed by atoms with van der Waals surface area (Å²) in [6.45, 7) is 9.75. The molecule has 0 aromatic carbocycles. The zero-order chi connectivity index (χ0) is 21.5. The largest absolute Gasteiger partial charge is 0.393 e. The zero-order valence-corrected chi connectivity index (χ0v) is 19.9. The van der Waals surface area contributed by atoms with Gasteiger partial charge in [-0.25, -0.2) is 0 Å². The molecule has 0 unspecified atom stereocenters. The minimum atomic E-state index is -0.0555. The molecule has 4 aliphatic carbocycles. The Hall–Kier alpha value is -0.890. The maximum atomic E-state index is 10.7. The summed E-state index contributed by atoms with van der Waals surface area (Å²) in [6.07, 6.45) is 17.5. The molecule has 2 heteroatoms. The molecule has 7 atom stereocenters. The Balaban J connectivity index is 1.49. The van der Waals surface area contributed by atoms with Crippen molar-refractivity contribution in [3.63, 3.8) is 0 Å². The number of hydrogen-bond acceptors (Lipinski definition) is 2. The van der Waals surface area contributed by atoms with E-state index in [1.807, 2.05) is 11.1 Å². The minimum Gasteiger partial charge on any atom is -0.393 e. The van der Waals surface area contributed by atoms with Crippen LogP contribution >= 0.6 is 0 Å². The van der Waals surface area contributed by atoms with Crippen LogP contribution < -0.4 is 0 Å². The molecule has 0 radical (unpaired) electrons. The van der Waals surface area contributed by atoms with Gasteiger partial charge in [0.1, 0.15) is 6.29 Å². The van der Waals surface area contributed by atoms with E-state index in [4.69, 9.17) is 0 Å². The number of fused-ring (bicyclic) bond motifs is 4. The highest BCUT2D eigenvalue weighted by Gasteiger charge is 2.55. The molecule has 0 aromatic heterocycles. The van der Waals surface area contributed by atoms with Crippen molar-refractivity contribution in [2.45, 2.75) is 111 Å². The average Bonchev–Trinajstić information content (AvgIpc) is 3.06. The van der Waals surface area contributed by atoms with Crippen LogP contribution in [0, 0.1) is 34.5 Å². The van der Waals surface area contributed by atoms with Crippen LogP contribution in [0.2, 0.25) is 0 Å². The van der Waals surface area contributed by atoms with Gasteiger partial charge in [-0.2, -0.15) is 0 Å². The van der Waals surface area contributed by atoms with E-state index in [-0.39, 0.29) is 6.10 Å². The second-order valence-corrected chi connectivity index (χ2v) is 11.8. The van der Waals surface area contributed by atoms with Gasteiger partial charge < -0.3 is 9.90 Å². The Bertz CT molecular complexity index is 718. The number of aldehydes is 1. The van der Waals surface area contributed by atoms with Crippen LogP contribution in [0.15, 0.2) is 22.8 Å². The fourth-order valence-electron chi connectivity index (χ4n) is 8.42. The number of aliphatic hydroxyl groups is 1. The van der Waals surface area contributed by atoms with Gasteiger partial charge in [0.05, 0.1) is 6.10 Å². The minimum absolute atomic E-state index is 0.0555. The van der Waals surface area contributed by atoms with Crippen molar-refractivity contribution in [1.82, 2.24) is 0 Å². The summed E-state index contributed by atoms with van der Waals surface area (Å²) < 4.78 is 0. The van der Waals surface area contributed by atoms with E-state index in [0.717, 1.165) is 43.3 Å². The molecular formula is C28H44O2. The molecule has 0 amide bonds. The number of hydrogen-bond donors (Lipinski definition) is 1. The Morgan fingerprint density at radius 3 is 2.73 bits per heavy atom. The number of rotatable bonds is 6. The normalized spacial score (nSPS) is 42.4. The van der Waals surface area contributed by atoms with E-state index in [1.165, 1.54) is 56.9 Å². The lowest BCUT2D eigenvalue weighted by Gasteiger charge is -2.55. The standard InChI is InChI=1S/C28H44O2/c1-19(14-17-29)6-5-7-20(2)24-10-11-25-23-9-8-21-18-22(30)12-15-27(21,3)26(23)13-16-28(24,25)4/h6,17,20-22,24-25,30H,5,7-16,18H2,1-4H3/t20-,21+,22+,24-,25+,27+,28-/m1/s1. The van der Waals surface area contributed by atoms with Gasteiger partial charge in [-0.3, -0.25) is 0 Å². The first-order chi connectivity index (χ1) is 14.3. The highest BCUT2D eigenvalue weighted by Crippen LogP contribution is 2.65. The van der Waals surface area contributed by atoms with Crippen LogP contribution in [0.25, 0.3) is 0 Å².